The Morgan fingerprint density at radius 3 is 2.28 bits per heavy atom. The molecule has 2 aromatic carbocycles. The first-order valence-corrected chi connectivity index (χ1v) is 9.46. The van der Waals surface area contributed by atoms with Gasteiger partial charge in [-0.15, -0.1) is 0 Å². The fourth-order valence-corrected chi connectivity index (χ4v) is 2.92. The molecule has 0 bridgehead atoms. The average molecular weight is 355 g/mol. The zero-order chi connectivity index (χ0) is 18.0. The van der Waals surface area contributed by atoms with Crippen molar-refractivity contribution in [2.45, 2.75) is 11.8 Å². The van der Waals surface area contributed by atoms with E-state index in [1.807, 2.05) is 31.2 Å². The third-order valence-electron chi connectivity index (χ3n) is 3.71. The van der Waals surface area contributed by atoms with Gasteiger partial charge in [0.1, 0.15) is 5.69 Å². The molecule has 1 heterocycles. The summed E-state index contributed by atoms with van der Waals surface area (Å²) in [5.74, 6) is -0.349. The minimum Gasteiger partial charge on any atom is -0.321 e. The number of aromatic nitrogens is 2. The van der Waals surface area contributed by atoms with Gasteiger partial charge >= 0.3 is 0 Å². The van der Waals surface area contributed by atoms with Gasteiger partial charge in [0.05, 0.1) is 10.6 Å². The molecular weight excluding hydrogens is 338 g/mol. The highest BCUT2D eigenvalue weighted by Crippen LogP contribution is 2.19. The van der Waals surface area contributed by atoms with Crippen molar-refractivity contribution in [2.75, 3.05) is 11.6 Å². The number of amides is 1. The van der Waals surface area contributed by atoms with Gasteiger partial charge in [-0.25, -0.2) is 8.42 Å². The smallest absolute Gasteiger partial charge is 0.273 e. The molecule has 1 amide bonds. The van der Waals surface area contributed by atoms with E-state index >= 15 is 0 Å². The SMILES string of the molecule is Cc1ccc(-c2cc(C(=O)Nc3ccc(S(C)(=O)=O)cc3)[nH]n2)cc1. The lowest BCUT2D eigenvalue weighted by atomic mass is 10.1. The lowest BCUT2D eigenvalue weighted by molar-refractivity contribution is 0.102. The molecule has 0 aliphatic heterocycles. The van der Waals surface area contributed by atoms with E-state index in [1.165, 1.54) is 12.1 Å². The molecule has 3 rings (SSSR count). The van der Waals surface area contributed by atoms with Crippen molar-refractivity contribution in [3.05, 3.63) is 65.9 Å². The maximum Gasteiger partial charge on any atom is 0.273 e. The number of anilines is 1. The van der Waals surface area contributed by atoms with Crippen molar-refractivity contribution in [3.63, 3.8) is 0 Å². The quantitative estimate of drug-likeness (QED) is 0.752. The van der Waals surface area contributed by atoms with Gasteiger partial charge in [0.2, 0.25) is 0 Å². The summed E-state index contributed by atoms with van der Waals surface area (Å²) in [5.41, 5.74) is 3.57. The number of nitrogens with one attached hydrogen (secondary N) is 2. The molecule has 0 saturated carbocycles. The van der Waals surface area contributed by atoms with Crippen LogP contribution in [0, 0.1) is 6.92 Å². The van der Waals surface area contributed by atoms with E-state index < -0.39 is 9.84 Å². The van der Waals surface area contributed by atoms with Crippen LogP contribution in [0.4, 0.5) is 5.69 Å². The molecular formula is C18H17N3O3S. The van der Waals surface area contributed by atoms with E-state index in [9.17, 15) is 13.2 Å². The van der Waals surface area contributed by atoms with E-state index in [2.05, 4.69) is 15.5 Å². The molecule has 3 aromatic rings. The molecule has 0 aliphatic carbocycles. The second-order valence-electron chi connectivity index (χ2n) is 5.78. The van der Waals surface area contributed by atoms with Crippen LogP contribution in [0.5, 0.6) is 0 Å². The molecule has 128 valence electrons. The number of rotatable bonds is 4. The molecule has 2 N–H and O–H groups in total. The highest BCUT2D eigenvalue weighted by atomic mass is 32.2. The molecule has 0 unspecified atom stereocenters. The topological polar surface area (TPSA) is 91.9 Å². The summed E-state index contributed by atoms with van der Waals surface area (Å²) in [6.45, 7) is 2.00. The van der Waals surface area contributed by atoms with Crippen molar-refractivity contribution in [1.29, 1.82) is 0 Å². The Labute approximate surface area is 145 Å². The van der Waals surface area contributed by atoms with Crippen molar-refractivity contribution >= 4 is 21.4 Å². The first kappa shape index (κ1) is 16.9. The predicted molar refractivity (Wildman–Crippen MR) is 96.3 cm³/mol. The summed E-state index contributed by atoms with van der Waals surface area (Å²) in [7, 11) is -3.26. The lowest BCUT2D eigenvalue weighted by Gasteiger charge is -2.04. The largest absolute Gasteiger partial charge is 0.321 e. The van der Waals surface area contributed by atoms with Gasteiger partial charge in [-0.3, -0.25) is 9.89 Å². The van der Waals surface area contributed by atoms with E-state index in [4.69, 9.17) is 0 Å². The number of nitrogens with zero attached hydrogens (tertiary/aromatic N) is 1. The number of hydrogen-bond acceptors (Lipinski definition) is 4. The van der Waals surface area contributed by atoms with Crippen LogP contribution in [0.3, 0.4) is 0 Å². The first-order valence-electron chi connectivity index (χ1n) is 7.57. The minimum atomic E-state index is -3.26. The number of hydrogen-bond donors (Lipinski definition) is 2. The molecule has 0 fully saturated rings. The van der Waals surface area contributed by atoms with Crippen molar-refractivity contribution < 1.29 is 13.2 Å². The van der Waals surface area contributed by atoms with Crippen LogP contribution < -0.4 is 5.32 Å². The summed E-state index contributed by atoms with van der Waals surface area (Å²) in [6, 6.07) is 15.5. The highest BCUT2D eigenvalue weighted by molar-refractivity contribution is 7.90. The molecule has 1 aromatic heterocycles. The number of carbonyl (C=O) groups excluding carboxylic acids is 1. The summed E-state index contributed by atoms with van der Waals surface area (Å²) < 4.78 is 22.9. The summed E-state index contributed by atoms with van der Waals surface area (Å²) in [4.78, 5) is 12.5. The van der Waals surface area contributed by atoms with Crippen LogP contribution in [-0.2, 0) is 9.84 Å². The maximum atomic E-state index is 12.3. The Bertz CT molecular complexity index is 1000. The average Bonchev–Trinajstić information content (AvgIpc) is 3.05. The van der Waals surface area contributed by atoms with Crippen molar-refractivity contribution in [3.8, 4) is 11.3 Å². The van der Waals surface area contributed by atoms with Gasteiger partial charge < -0.3 is 5.32 Å². The molecule has 25 heavy (non-hydrogen) atoms. The Morgan fingerprint density at radius 1 is 1.04 bits per heavy atom. The second kappa shape index (κ2) is 6.52. The zero-order valence-corrected chi connectivity index (χ0v) is 14.6. The Balaban J connectivity index is 1.75. The van der Waals surface area contributed by atoms with Gasteiger partial charge in [0.15, 0.2) is 9.84 Å². The molecule has 0 radical (unpaired) electrons. The molecule has 6 nitrogen and oxygen atoms in total. The van der Waals surface area contributed by atoms with Crippen LogP contribution >= 0.6 is 0 Å². The highest BCUT2D eigenvalue weighted by Gasteiger charge is 2.12. The van der Waals surface area contributed by atoms with Crippen LogP contribution in [0.2, 0.25) is 0 Å². The lowest BCUT2D eigenvalue weighted by Crippen LogP contribution is -2.12. The molecule has 0 saturated heterocycles. The number of aromatic amines is 1. The van der Waals surface area contributed by atoms with Crippen LogP contribution in [0.25, 0.3) is 11.3 Å². The van der Waals surface area contributed by atoms with Gasteiger partial charge in [-0.1, -0.05) is 29.8 Å². The molecule has 0 atom stereocenters. The van der Waals surface area contributed by atoms with E-state index in [0.29, 0.717) is 17.1 Å². The Hall–Kier alpha value is -2.93. The fourth-order valence-electron chi connectivity index (χ4n) is 2.29. The maximum absolute atomic E-state index is 12.3. The summed E-state index contributed by atoms with van der Waals surface area (Å²) in [5, 5.41) is 9.58. The number of benzene rings is 2. The fraction of sp³-hybridized carbons (Fsp3) is 0.111. The number of carbonyl (C=O) groups is 1. The van der Waals surface area contributed by atoms with Crippen LogP contribution in [0.15, 0.2) is 59.5 Å². The van der Waals surface area contributed by atoms with Gasteiger partial charge in [0.25, 0.3) is 5.91 Å². The minimum absolute atomic E-state index is 0.202. The third kappa shape index (κ3) is 3.95. The van der Waals surface area contributed by atoms with Gasteiger partial charge in [-0.05, 0) is 37.3 Å². The normalized spacial score (nSPS) is 11.3. The monoisotopic (exact) mass is 355 g/mol. The Morgan fingerprint density at radius 2 is 1.68 bits per heavy atom. The van der Waals surface area contributed by atoms with Crippen LogP contribution in [-0.4, -0.2) is 30.8 Å². The van der Waals surface area contributed by atoms with Crippen molar-refractivity contribution in [2.24, 2.45) is 0 Å². The Kier molecular flexibility index (Phi) is 4.41. The third-order valence-corrected chi connectivity index (χ3v) is 4.84. The zero-order valence-electron chi connectivity index (χ0n) is 13.8. The molecule has 0 spiro atoms. The second-order valence-corrected chi connectivity index (χ2v) is 7.80. The summed E-state index contributed by atoms with van der Waals surface area (Å²) >= 11 is 0. The number of aryl methyl sites for hydroxylation is 1. The van der Waals surface area contributed by atoms with Gasteiger partial charge in [-0.2, -0.15) is 5.10 Å². The van der Waals surface area contributed by atoms with E-state index in [-0.39, 0.29) is 10.8 Å². The molecule has 0 aliphatic rings. The van der Waals surface area contributed by atoms with Crippen molar-refractivity contribution in [1.82, 2.24) is 10.2 Å². The first-order chi connectivity index (χ1) is 11.8. The van der Waals surface area contributed by atoms with Crippen LogP contribution in [0.1, 0.15) is 16.1 Å². The van der Waals surface area contributed by atoms with Gasteiger partial charge in [0, 0.05) is 17.5 Å². The number of sulfone groups is 1. The predicted octanol–water partition coefficient (Wildman–Crippen LogP) is 3.04. The van der Waals surface area contributed by atoms with E-state index in [0.717, 1.165) is 17.4 Å². The molecule has 7 heteroatoms. The number of H-pyrrole nitrogens is 1. The standard InChI is InChI=1S/C18H17N3O3S/c1-12-3-5-13(6-4-12)16-11-17(21-20-16)18(22)19-14-7-9-15(10-8-14)25(2,23)24/h3-11H,1-2H3,(H,19,22)(H,20,21). The summed E-state index contributed by atoms with van der Waals surface area (Å²) in [6.07, 6.45) is 1.14. The van der Waals surface area contributed by atoms with E-state index in [1.54, 1.807) is 18.2 Å².